The van der Waals surface area contributed by atoms with Crippen molar-refractivity contribution in [2.45, 2.75) is 51.2 Å². The minimum atomic E-state index is -0.655. The summed E-state index contributed by atoms with van der Waals surface area (Å²) in [6.45, 7) is 5.11. The molecular weight excluding hydrogens is 278 g/mol. The second kappa shape index (κ2) is 7.25. The minimum Gasteiger partial charge on any atom is -0.390 e. The number of methoxy groups -OCH3 is 1. The van der Waals surface area contributed by atoms with Crippen LogP contribution in [0.4, 0.5) is 0 Å². The van der Waals surface area contributed by atoms with E-state index in [0.29, 0.717) is 13.0 Å². The van der Waals surface area contributed by atoms with E-state index in [-0.39, 0.29) is 12.0 Å². The maximum absolute atomic E-state index is 12.5. The first-order chi connectivity index (χ1) is 10.4. The van der Waals surface area contributed by atoms with Crippen molar-refractivity contribution in [1.29, 1.82) is 0 Å². The van der Waals surface area contributed by atoms with Gasteiger partial charge in [-0.25, -0.2) is 0 Å². The van der Waals surface area contributed by atoms with Crippen LogP contribution in [-0.4, -0.2) is 47.8 Å². The lowest BCUT2D eigenvalue weighted by molar-refractivity contribution is 0.0269. The van der Waals surface area contributed by atoms with E-state index in [1.807, 2.05) is 43.0 Å². The molecule has 4 nitrogen and oxygen atoms in total. The maximum Gasteiger partial charge on any atom is 0.253 e. The van der Waals surface area contributed by atoms with Crippen molar-refractivity contribution in [3.63, 3.8) is 0 Å². The maximum atomic E-state index is 12.5. The van der Waals surface area contributed by atoms with Crippen LogP contribution < -0.4 is 0 Å². The monoisotopic (exact) mass is 305 g/mol. The smallest absolute Gasteiger partial charge is 0.253 e. The molecule has 1 aliphatic heterocycles. The molecule has 1 fully saturated rings. The molecule has 1 aromatic rings. The van der Waals surface area contributed by atoms with Gasteiger partial charge in [-0.15, -0.1) is 0 Å². The van der Waals surface area contributed by atoms with Gasteiger partial charge in [0.2, 0.25) is 0 Å². The van der Waals surface area contributed by atoms with Gasteiger partial charge in [0.05, 0.1) is 11.7 Å². The molecule has 1 atom stereocenters. The Morgan fingerprint density at radius 3 is 2.64 bits per heavy atom. The largest absolute Gasteiger partial charge is 0.390 e. The predicted octanol–water partition coefficient (Wildman–Crippen LogP) is 2.64. The normalized spacial score (nSPS) is 19.3. The Bertz CT molecular complexity index is 490. The molecule has 1 amide bonds. The number of rotatable bonds is 5. The predicted molar refractivity (Wildman–Crippen MR) is 87.0 cm³/mol. The number of hydrogen-bond donors (Lipinski definition) is 1. The fraction of sp³-hybridized carbons (Fsp3) is 0.611. The van der Waals surface area contributed by atoms with Crippen LogP contribution in [0.5, 0.6) is 0 Å². The van der Waals surface area contributed by atoms with E-state index in [4.69, 9.17) is 4.74 Å². The highest BCUT2D eigenvalue weighted by atomic mass is 16.5. The van der Waals surface area contributed by atoms with Crippen LogP contribution in [0, 0.1) is 0 Å². The number of benzene rings is 1. The molecule has 0 saturated carbocycles. The van der Waals surface area contributed by atoms with Gasteiger partial charge in [-0.1, -0.05) is 12.1 Å². The first kappa shape index (κ1) is 17.0. The Morgan fingerprint density at radius 2 is 2.05 bits per heavy atom. The Hall–Kier alpha value is -1.39. The summed E-state index contributed by atoms with van der Waals surface area (Å²) >= 11 is 0. The third-order valence-corrected chi connectivity index (χ3v) is 4.23. The molecule has 0 bridgehead atoms. The summed E-state index contributed by atoms with van der Waals surface area (Å²) in [5, 5.41) is 9.77. The Labute approximate surface area is 133 Å². The standard InChI is InChI=1S/C18H27NO3/c1-18(2,21)11-10-14-6-8-15(9-7-14)17(20)19-12-4-5-16(13-19)22-3/h6-9,16,21H,4-5,10-13H2,1-3H3/t16-/m1/s1. The molecule has 2 rings (SSSR count). The van der Waals surface area contributed by atoms with Gasteiger partial charge in [0, 0.05) is 25.8 Å². The highest BCUT2D eigenvalue weighted by Crippen LogP contribution is 2.17. The fourth-order valence-electron chi connectivity index (χ4n) is 2.76. The first-order valence-corrected chi connectivity index (χ1v) is 8.02. The lowest BCUT2D eigenvalue weighted by Crippen LogP contribution is -2.42. The van der Waals surface area contributed by atoms with Crippen molar-refractivity contribution in [3.05, 3.63) is 35.4 Å². The summed E-state index contributed by atoms with van der Waals surface area (Å²) < 4.78 is 5.37. The average molecular weight is 305 g/mol. The van der Waals surface area contributed by atoms with Crippen LogP contribution in [0.3, 0.4) is 0 Å². The second-order valence-corrected chi connectivity index (χ2v) is 6.76. The third-order valence-electron chi connectivity index (χ3n) is 4.23. The molecule has 22 heavy (non-hydrogen) atoms. The summed E-state index contributed by atoms with van der Waals surface area (Å²) in [4.78, 5) is 14.4. The van der Waals surface area contributed by atoms with Crippen LogP contribution in [0.15, 0.2) is 24.3 Å². The van der Waals surface area contributed by atoms with Gasteiger partial charge in [-0.2, -0.15) is 0 Å². The zero-order valence-corrected chi connectivity index (χ0v) is 13.8. The molecule has 122 valence electrons. The van der Waals surface area contributed by atoms with Gasteiger partial charge in [0.1, 0.15) is 0 Å². The van der Waals surface area contributed by atoms with Gasteiger partial charge in [-0.3, -0.25) is 4.79 Å². The number of carbonyl (C=O) groups is 1. The number of piperidine rings is 1. The summed E-state index contributed by atoms with van der Waals surface area (Å²) in [7, 11) is 1.70. The van der Waals surface area contributed by atoms with Crippen molar-refractivity contribution in [3.8, 4) is 0 Å². The van der Waals surface area contributed by atoms with Crippen molar-refractivity contribution in [1.82, 2.24) is 4.90 Å². The van der Waals surface area contributed by atoms with Crippen LogP contribution in [0.1, 0.15) is 49.0 Å². The van der Waals surface area contributed by atoms with E-state index in [0.717, 1.165) is 36.9 Å². The molecule has 0 aromatic heterocycles. The number of hydrogen-bond acceptors (Lipinski definition) is 3. The summed E-state index contributed by atoms with van der Waals surface area (Å²) in [5.74, 6) is 0.0794. The lowest BCUT2D eigenvalue weighted by atomic mass is 9.98. The Balaban J connectivity index is 1.96. The number of amides is 1. The molecule has 1 N–H and O–H groups in total. The van der Waals surface area contributed by atoms with Crippen LogP contribution >= 0.6 is 0 Å². The molecule has 0 radical (unpaired) electrons. The lowest BCUT2D eigenvalue weighted by Gasteiger charge is -2.32. The molecule has 1 aliphatic rings. The van der Waals surface area contributed by atoms with Crippen LogP contribution in [0.2, 0.25) is 0 Å². The number of nitrogens with zero attached hydrogens (tertiary/aromatic N) is 1. The van der Waals surface area contributed by atoms with E-state index in [2.05, 4.69) is 0 Å². The first-order valence-electron chi connectivity index (χ1n) is 8.02. The van der Waals surface area contributed by atoms with Crippen molar-refractivity contribution in [2.24, 2.45) is 0 Å². The molecule has 1 aromatic carbocycles. The molecule has 1 heterocycles. The fourth-order valence-corrected chi connectivity index (χ4v) is 2.76. The van der Waals surface area contributed by atoms with Gasteiger partial charge in [0.15, 0.2) is 0 Å². The highest BCUT2D eigenvalue weighted by Gasteiger charge is 2.24. The van der Waals surface area contributed by atoms with Crippen molar-refractivity contribution in [2.75, 3.05) is 20.2 Å². The summed E-state index contributed by atoms with van der Waals surface area (Å²) in [6.07, 6.45) is 3.70. The number of aliphatic hydroxyl groups is 1. The molecule has 0 aliphatic carbocycles. The SMILES string of the molecule is CO[C@@H]1CCCN(C(=O)c2ccc(CCC(C)(C)O)cc2)C1. The van der Waals surface area contributed by atoms with Gasteiger partial charge >= 0.3 is 0 Å². The van der Waals surface area contributed by atoms with E-state index in [1.165, 1.54) is 0 Å². The molecule has 0 unspecified atom stereocenters. The second-order valence-electron chi connectivity index (χ2n) is 6.76. The summed E-state index contributed by atoms with van der Waals surface area (Å²) in [5.41, 5.74) is 1.22. The van der Waals surface area contributed by atoms with Gasteiger partial charge in [0.25, 0.3) is 5.91 Å². The Morgan fingerprint density at radius 1 is 1.36 bits per heavy atom. The van der Waals surface area contributed by atoms with Gasteiger partial charge < -0.3 is 14.7 Å². The third kappa shape index (κ3) is 4.82. The Kier molecular flexibility index (Phi) is 5.59. The number of ether oxygens (including phenoxy) is 1. The molecule has 1 saturated heterocycles. The average Bonchev–Trinajstić information content (AvgIpc) is 2.52. The summed E-state index contributed by atoms with van der Waals surface area (Å²) in [6, 6.07) is 7.74. The zero-order valence-electron chi connectivity index (χ0n) is 13.8. The van der Waals surface area contributed by atoms with Crippen LogP contribution in [0.25, 0.3) is 0 Å². The van der Waals surface area contributed by atoms with Crippen molar-refractivity contribution < 1.29 is 14.6 Å². The molecule has 0 spiro atoms. The quantitative estimate of drug-likeness (QED) is 0.910. The van der Waals surface area contributed by atoms with E-state index < -0.39 is 5.60 Å². The highest BCUT2D eigenvalue weighted by molar-refractivity contribution is 5.94. The number of carbonyl (C=O) groups excluding carboxylic acids is 1. The van der Waals surface area contributed by atoms with E-state index in [1.54, 1.807) is 7.11 Å². The van der Waals surface area contributed by atoms with Gasteiger partial charge in [-0.05, 0) is 57.2 Å². The number of aryl methyl sites for hydroxylation is 1. The zero-order chi connectivity index (χ0) is 16.2. The van der Waals surface area contributed by atoms with Crippen LogP contribution in [-0.2, 0) is 11.2 Å². The number of likely N-dealkylation sites (tertiary alicyclic amines) is 1. The van der Waals surface area contributed by atoms with E-state index in [9.17, 15) is 9.90 Å². The molecular formula is C18H27NO3. The van der Waals surface area contributed by atoms with E-state index >= 15 is 0 Å². The molecule has 4 heteroatoms. The van der Waals surface area contributed by atoms with Crippen molar-refractivity contribution >= 4 is 5.91 Å². The minimum absolute atomic E-state index is 0.0794. The topological polar surface area (TPSA) is 49.8 Å².